The molecule has 0 aliphatic carbocycles. The lowest BCUT2D eigenvalue weighted by Gasteiger charge is -2.21. The Morgan fingerprint density at radius 3 is 2.53 bits per heavy atom. The van der Waals surface area contributed by atoms with Crippen molar-refractivity contribution < 1.29 is 10.2 Å². The maximum atomic E-state index is 9.11. The Balaban J connectivity index is 2.40. The summed E-state index contributed by atoms with van der Waals surface area (Å²) in [4.78, 5) is 6.31. The van der Waals surface area contributed by atoms with Crippen LogP contribution in [0.15, 0.2) is 5.38 Å². The zero-order valence-corrected chi connectivity index (χ0v) is 12.2. The van der Waals surface area contributed by atoms with Gasteiger partial charge >= 0.3 is 0 Å². The zero-order chi connectivity index (χ0) is 13.8. The molecule has 0 aliphatic rings. The number of aryl methyl sites for hydroxylation is 1. The zero-order valence-electron chi connectivity index (χ0n) is 10.5. The molecule has 2 aromatic heterocycles. The van der Waals surface area contributed by atoms with E-state index >= 15 is 0 Å². The molecule has 0 unspecified atom stereocenters. The molecule has 2 heterocycles. The Labute approximate surface area is 119 Å². The van der Waals surface area contributed by atoms with Crippen molar-refractivity contribution in [1.29, 1.82) is 0 Å². The van der Waals surface area contributed by atoms with Crippen LogP contribution in [0.3, 0.4) is 0 Å². The van der Waals surface area contributed by atoms with Crippen LogP contribution in [0.4, 0.5) is 10.8 Å². The number of rotatable bonds is 6. The van der Waals surface area contributed by atoms with Gasteiger partial charge in [-0.3, -0.25) is 0 Å². The first-order valence-electron chi connectivity index (χ1n) is 5.81. The van der Waals surface area contributed by atoms with E-state index in [0.717, 1.165) is 21.3 Å². The predicted molar refractivity (Wildman–Crippen MR) is 78.8 cm³/mol. The highest BCUT2D eigenvalue weighted by atomic mass is 32.1. The van der Waals surface area contributed by atoms with Crippen molar-refractivity contribution in [3.05, 3.63) is 11.1 Å². The summed E-state index contributed by atoms with van der Waals surface area (Å²) >= 11 is 2.78. The van der Waals surface area contributed by atoms with Crippen LogP contribution in [0.2, 0.25) is 0 Å². The molecular weight excluding hydrogens is 284 g/mol. The molecule has 0 spiro atoms. The molecule has 0 bridgehead atoms. The molecule has 0 amide bonds. The number of nitrogens with two attached hydrogens (primary N) is 1. The summed E-state index contributed by atoms with van der Waals surface area (Å²) in [6.45, 7) is 2.80. The molecule has 0 saturated heterocycles. The predicted octanol–water partition coefficient (Wildman–Crippen LogP) is 0.948. The van der Waals surface area contributed by atoms with Gasteiger partial charge in [-0.2, -0.15) is 4.37 Å². The number of hydrogen-bond donors (Lipinski definition) is 3. The molecule has 0 fully saturated rings. The highest BCUT2D eigenvalue weighted by Crippen LogP contribution is 2.40. The summed E-state index contributed by atoms with van der Waals surface area (Å²) in [6, 6.07) is 0. The standard InChI is InChI=1S/C11H16N4O2S2/c1-7-6-18-10(13-7)8-9(12)14-19-11(8)15(2-4-16)3-5-17/h6,16-17H,2-5H2,1H3,(H2,12,14). The first-order valence-corrected chi connectivity index (χ1v) is 7.47. The van der Waals surface area contributed by atoms with Gasteiger partial charge in [-0.25, -0.2) is 4.98 Å². The Hall–Kier alpha value is -1.22. The van der Waals surface area contributed by atoms with E-state index in [-0.39, 0.29) is 13.2 Å². The van der Waals surface area contributed by atoms with Crippen molar-refractivity contribution in [2.75, 3.05) is 36.9 Å². The highest BCUT2D eigenvalue weighted by molar-refractivity contribution is 7.15. The molecule has 4 N–H and O–H groups in total. The fraction of sp³-hybridized carbons (Fsp3) is 0.455. The molecule has 2 rings (SSSR count). The summed E-state index contributed by atoms with van der Waals surface area (Å²) in [5.41, 5.74) is 7.66. The summed E-state index contributed by atoms with van der Waals surface area (Å²) in [5.74, 6) is 0.440. The summed E-state index contributed by atoms with van der Waals surface area (Å²) in [7, 11) is 0. The topological polar surface area (TPSA) is 95.5 Å². The van der Waals surface area contributed by atoms with Gasteiger partial charge in [-0.05, 0) is 18.5 Å². The van der Waals surface area contributed by atoms with E-state index in [1.165, 1.54) is 22.9 Å². The fourth-order valence-electron chi connectivity index (χ4n) is 1.74. The van der Waals surface area contributed by atoms with Gasteiger partial charge in [0.15, 0.2) is 0 Å². The van der Waals surface area contributed by atoms with Crippen LogP contribution in [0.5, 0.6) is 0 Å². The highest BCUT2D eigenvalue weighted by Gasteiger charge is 2.21. The molecule has 2 aromatic rings. The first kappa shape index (κ1) is 14.2. The second-order valence-electron chi connectivity index (χ2n) is 3.98. The number of anilines is 2. The quantitative estimate of drug-likeness (QED) is 0.735. The Bertz CT molecular complexity index is 535. The van der Waals surface area contributed by atoms with E-state index in [0.29, 0.717) is 18.9 Å². The monoisotopic (exact) mass is 300 g/mol. The maximum Gasteiger partial charge on any atom is 0.149 e. The van der Waals surface area contributed by atoms with E-state index in [4.69, 9.17) is 15.9 Å². The molecular formula is C11H16N4O2S2. The van der Waals surface area contributed by atoms with Gasteiger partial charge in [0.05, 0.1) is 18.8 Å². The van der Waals surface area contributed by atoms with Gasteiger partial charge < -0.3 is 20.8 Å². The normalized spacial score (nSPS) is 10.9. The van der Waals surface area contributed by atoms with E-state index < -0.39 is 0 Å². The molecule has 0 aliphatic heterocycles. The number of thiazole rings is 1. The van der Waals surface area contributed by atoms with Crippen molar-refractivity contribution >= 4 is 33.7 Å². The van der Waals surface area contributed by atoms with E-state index in [2.05, 4.69) is 9.36 Å². The molecule has 104 valence electrons. The van der Waals surface area contributed by atoms with Crippen molar-refractivity contribution in [1.82, 2.24) is 9.36 Å². The van der Waals surface area contributed by atoms with Crippen molar-refractivity contribution in [2.24, 2.45) is 0 Å². The number of aliphatic hydroxyl groups is 2. The Morgan fingerprint density at radius 1 is 1.32 bits per heavy atom. The lowest BCUT2D eigenvalue weighted by Crippen LogP contribution is -2.29. The van der Waals surface area contributed by atoms with E-state index in [9.17, 15) is 0 Å². The van der Waals surface area contributed by atoms with E-state index in [1.807, 2.05) is 17.2 Å². The van der Waals surface area contributed by atoms with Crippen LogP contribution in [0.1, 0.15) is 5.69 Å². The summed E-state index contributed by atoms with van der Waals surface area (Å²) in [6.07, 6.45) is 0. The smallest absolute Gasteiger partial charge is 0.149 e. The third kappa shape index (κ3) is 3.03. The van der Waals surface area contributed by atoms with Gasteiger partial charge in [0, 0.05) is 24.2 Å². The number of nitrogen functional groups attached to an aromatic ring is 1. The van der Waals surface area contributed by atoms with Crippen molar-refractivity contribution in [3.63, 3.8) is 0 Å². The minimum Gasteiger partial charge on any atom is -0.395 e. The number of aromatic nitrogens is 2. The van der Waals surface area contributed by atoms with E-state index in [1.54, 1.807) is 0 Å². The molecule has 0 saturated carbocycles. The molecule has 0 aromatic carbocycles. The number of nitrogens with zero attached hydrogens (tertiary/aromatic N) is 3. The second kappa shape index (κ2) is 6.29. The molecule has 19 heavy (non-hydrogen) atoms. The second-order valence-corrected chi connectivity index (χ2v) is 5.59. The lowest BCUT2D eigenvalue weighted by atomic mass is 10.3. The van der Waals surface area contributed by atoms with Gasteiger partial charge in [-0.15, -0.1) is 11.3 Å². The Morgan fingerprint density at radius 2 is 2.00 bits per heavy atom. The van der Waals surface area contributed by atoms with Crippen LogP contribution < -0.4 is 10.6 Å². The lowest BCUT2D eigenvalue weighted by molar-refractivity contribution is 0.281. The minimum atomic E-state index is 0.00808. The van der Waals surface area contributed by atoms with Crippen molar-refractivity contribution in [2.45, 2.75) is 6.92 Å². The molecule has 6 nitrogen and oxygen atoms in total. The fourth-order valence-corrected chi connectivity index (χ4v) is 3.52. The number of aliphatic hydroxyl groups excluding tert-OH is 2. The van der Waals surface area contributed by atoms with Crippen LogP contribution >= 0.6 is 22.9 Å². The van der Waals surface area contributed by atoms with Gasteiger partial charge in [0.25, 0.3) is 0 Å². The third-order valence-corrected chi connectivity index (χ3v) is 4.46. The average molecular weight is 300 g/mol. The summed E-state index contributed by atoms with van der Waals surface area (Å²) in [5, 5.41) is 21.8. The maximum absolute atomic E-state index is 9.11. The SMILES string of the molecule is Cc1csc(-c2c(N)nsc2N(CCO)CCO)n1. The third-order valence-electron chi connectivity index (χ3n) is 2.56. The van der Waals surface area contributed by atoms with Crippen LogP contribution in [0, 0.1) is 6.92 Å². The van der Waals surface area contributed by atoms with Gasteiger partial charge in [0.2, 0.25) is 0 Å². The largest absolute Gasteiger partial charge is 0.395 e. The van der Waals surface area contributed by atoms with Crippen LogP contribution in [-0.4, -0.2) is 45.9 Å². The average Bonchev–Trinajstić information content (AvgIpc) is 2.95. The minimum absolute atomic E-state index is 0.00808. The molecule has 0 radical (unpaired) electrons. The first-order chi connectivity index (χ1) is 9.17. The van der Waals surface area contributed by atoms with Gasteiger partial charge in [0.1, 0.15) is 15.8 Å². The van der Waals surface area contributed by atoms with Crippen LogP contribution in [0.25, 0.3) is 10.6 Å². The molecule has 8 heteroatoms. The van der Waals surface area contributed by atoms with Gasteiger partial charge in [-0.1, -0.05) is 0 Å². The van der Waals surface area contributed by atoms with Crippen LogP contribution in [-0.2, 0) is 0 Å². The molecule has 0 atom stereocenters. The van der Waals surface area contributed by atoms with Crippen molar-refractivity contribution in [3.8, 4) is 10.6 Å². The number of hydrogen-bond acceptors (Lipinski definition) is 8. The summed E-state index contributed by atoms with van der Waals surface area (Å²) < 4.78 is 4.17. The Kier molecular flexibility index (Phi) is 4.70.